The summed E-state index contributed by atoms with van der Waals surface area (Å²) in [5, 5.41) is 5.75. The van der Waals surface area contributed by atoms with Gasteiger partial charge in [-0.1, -0.05) is 41.4 Å². The second-order valence-corrected chi connectivity index (χ2v) is 9.14. The fourth-order valence-corrected chi connectivity index (χ4v) is 3.76. The van der Waals surface area contributed by atoms with Gasteiger partial charge >= 0.3 is 6.18 Å². The highest BCUT2D eigenvalue weighted by Crippen LogP contribution is 2.34. The zero-order valence-corrected chi connectivity index (χ0v) is 19.0. The van der Waals surface area contributed by atoms with Crippen molar-refractivity contribution in [3.05, 3.63) is 57.5 Å². The second kappa shape index (κ2) is 10.6. The highest BCUT2D eigenvalue weighted by Gasteiger charge is 2.31. The third kappa shape index (κ3) is 7.42. The number of nitrogens with one attached hydrogen (secondary N) is 2. The summed E-state index contributed by atoms with van der Waals surface area (Å²) < 4.78 is 39.4. The Labute approximate surface area is 185 Å². The number of benzene rings is 2. The molecule has 0 aliphatic rings. The lowest BCUT2D eigenvalue weighted by Crippen LogP contribution is -2.43. The molecule has 2 rings (SSSR count). The molecule has 1 atom stereocenters. The van der Waals surface area contributed by atoms with Gasteiger partial charge in [0, 0.05) is 21.7 Å². The summed E-state index contributed by atoms with van der Waals surface area (Å²) in [7, 11) is 0. The molecule has 2 aromatic carbocycles. The summed E-state index contributed by atoms with van der Waals surface area (Å²) in [6.07, 6.45) is -4.47. The molecule has 0 spiro atoms. The van der Waals surface area contributed by atoms with Gasteiger partial charge in [0.1, 0.15) is 6.04 Å². The molecular weight excluding hydrogens is 489 g/mol. The van der Waals surface area contributed by atoms with Gasteiger partial charge in [-0.05, 0) is 48.4 Å². The van der Waals surface area contributed by atoms with Crippen molar-refractivity contribution in [1.29, 1.82) is 0 Å². The Kier molecular flexibility index (Phi) is 8.73. The van der Waals surface area contributed by atoms with Crippen molar-refractivity contribution >= 4 is 50.9 Å². The monoisotopic (exact) mass is 508 g/mol. The van der Waals surface area contributed by atoms with Gasteiger partial charge in [0.15, 0.2) is 0 Å². The lowest BCUT2D eigenvalue weighted by Gasteiger charge is -2.23. The van der Waals surface area contributed by atoms with Gasteiger partial charge in [-0.3, -0.25) is 4.79 Å². The van der Waals surface area contributed by atoms with E-state index < -0.39 is 17.8 Å². The van der Waals surface area contributed by atoms with Crippen LogP contribution >= 0.6 is 39.3 Å². The number of carbonyl (C=O) groups excluding carboxylic acids is 1. The topological polar surface area (TPSA) is 41.1 Å². The lowest BCUT2D eigenvalue weighted by atomic mass is 10.0. The minimum Gasteiger partial charge on any atom is -0.372 e. The van der Waals surface area contributed by atoms with E-state index in [1.807, 2.05) is 38.1 Å². The van der Waals surface area contributed by atoms with Gasteiger partial charge in [0.2, 0.25) is 5.91 Å². The van der Waals surface area contributed by atoms with Crippen LogP contribution in [-0.4, -0.2) is 24.2 Å². The van der Waals surface area contributed by atoms with Gasteiger partial charge in [0.25, 0.3) is 0 Å². The molecule has 158 valence electrons. The van der Waals surface area contributed by atoms with E-state index >= 15 is 0 Å². The summed E-state index contributed by atoms with van der Waals surface area (Å²) >= 11 is 11.0. The fraction of sp³-hybridized carbons (Fsp3) is 0.350. The number of carbonyl (C=O) groups is 1. The molecule has 2 N–H and O–H groups in total. The van der Waals surface area contributed by atoms with Crippen LogP contribution in [0.5, 0.6) is 0 Å². The Morgan fingerprint density at radius 1 is 1.17 bits per heavy atom. The standard InChI is InChI=1S/C20H21BrClF3N2OS/c1-12(2)18(27-17-8-3-13(11-16(17)22)20(23,24)25)19(28)26-9-10-29-15-6-4-14(21)5-7-15/h3-8,11-12,18,27H,9-10H2,1-2H3,(H,26,28)/t18-/m1/s1. The van der Waals surface area contributed by atoms with Crippen molar-refractivity contribution in [3.8, 4) is 0 Å². The van der Waals surface area contributed by atoms with Gasteiger partial charge in [0.05, 0.1) is 16.3 Å². The number of anilines is 1. The van der Waals surface area contributed by atoms with E-state index in [0.29, 0.717) is 12.3 Å². The Hall–Kier alpha value is -1.38. The van der Waals surface area contributed by atoms with Crippen molar-refractivity contribution in [2.75, 3.05) is 17.6 Å². The van der Waals surface area contributed by atoms with Gasteiger partial charge in [-0.15, -0.1) is 11.8 Å². The van der Waals surface area contributed by atoms with Crippen LogP contribution in [0.4, 0.5) is 18.9 Å². The van der Waals surface area contributed by atoms with Crippen molar-refractivity contribution < 1.29 is 18.0 Å². The number of hydrogen-bond donors (Lipinski definition) is 2. The summed E-state index contributed by atoms with van der Waals surface area (Å²) in [5.41, 5.74) is -0.540. The summed E-state index contributed by atoms with van der Waals surface area (Å²) in [6, 6.07) is 10.3. The molecule has 0 fully saturated rings. The Bertz CT molecular complexity index is 831. The highest BCUT2D eigenvalue weighted by atomic mass is 79.9. The van der Waals surface area contributed by atoms with Crippen molar-refractivity contribution in [1.82, 2.24) is 5.32 Å². The lowest BCUT2D eigenvalue weighted by molar-refractivity contribution is -0.137. The van der Waals surface area contributed by atoms with Crippen LogP contribution in [0.1, 0.15) is 19.4 Å². The molecule has 0 radical (unpaired) electrons. The fourth-order valence-electron chi connectivity index (χ4n) is 2.49. The molecule has 0 aliphatic heterocycles. The maximum absolute atomic E-state index is 12.8. The Morgan fingerprint density at radius 3 is 2.38 bits per heavy atom. The smallest absolute Gasteiger partial charge is 0.372 e. The third-order valence-corrected chi connectivity index (χ3v) is 5.90. The van der Waals surface area contributed by atoms with E-state index in [1.165, 1.54) is 6.07 Å². The van der Waals surface area contributed by atoms with Crippen molar-refractivity contribution in [2.45, 2.75) is 31.0 Å². The number of halogens is 5. The predicted octanol–water partition coefficient (Wildman–Crippen LogP) is 6.47. The summed E-state index contributed by atoms with van der Waals surface area (Å²) in [5.74, 6) is 0.374. The minimum atomic E-state index is -4.47. The number of amides is 1. The average molecular weight is 510 g/mol. The molecule has 0 aliphatic carbocycles. The van der Waals surface area contributed by atoms with Crippen molar-refractivity contribution in [3.63, 3.8) is 0 Å². The molecule has 0 saturated carbocycles. The number of thioether (sulfide) groups is 1. The molecule has 0 bridgehead atoms. The minimum absolute atomic E-state index is 0.0796. The van der Waals surface area contributed by atoms with E-state index in [9.17, 15) is 18.0 Å². The van der Waals surface area contributed by atoms with Crippen LogP contribution in [0.15, 0.2) is 51.8 Å². The molecule has 0 saturated heterocycles. The number of hydrogen-bond acceptors (Lipinski definition) is 3. The number of alkyl halides is 3. The first kappa shape index (κ1) is 23.9. The Morgan fingerprint density at radius 2 is 1.83 bits per heavy atom. The maximum atomic E-state index is 12.8. The predicted molar refractivity (Wildman–Crippen MR) is 117 cm³/mol. The van der Waals surface area contributed by atoms with E-state index in [4.69, 9.17) is 11.6 Å². The summed E-state index contributed by atoms with van der Waals surface area (Å²) in [4.78, 5) is 13.7. The summed E-state index contributed by atoms with van der Waals surface area (Å²) in [6.45, 7) is 4.17. The molecule has 0 heterocycles. The molecule has 2 aromatic rings. The zero-order valence-electron chi connectivity index (χ0n) is 15.8. The van der Waals surface area contributed by atoms with E-state index in [-0.39, 0.29) is 22.5 Å². The molecular formula is C20H21BrClF3N2OS. The van der Waals surface area contributed by atoms with Crippen LogP contribution in [0, 0.1) is 5.92 Å². The van der Waals surface area contributed by atoms with E-state index in [2.05, 4.69) is 26.6 Å². The third-order valence-electron chi connectivity index (χ3n) is 4.04. The Balaban J connectivity index is 1.93. The SMILES string of the molecule is CC(C)[C@@H](Nc1ccc(C(F)(F)F)cc1Cl)C(=O)NCCSc1ccc(Br)cc1. The first-order valence-electron chi connectivity index (χ1n) is 8.87. The highest BCUT2D eigenvalue weighted by molar-refractivity contribution is 9.10. The van der Waals surface area contributed by atoms with Crippen LogP contribution < -0.4 is 10.6 Å². The van der Waals surface area contributed by atoms with E-state index in [1.54, 1.807) is 11.8 Å². The normalized spacial score (nSPS) is 12.7. The first-order valence-corrected chi connectivity index (χ1v) is 11.0. The molecule has 0 unspecified atom stereocenters. The van der Waals surface area contributed by atoms with Crippen LogP contribution in [-0.2, 0) is 11.0 Å². The quantitative estimate of drug-likeness (QED) is 0.317. The molecule has 3 nitrogen and oxygen atoms in total. The first-order chi connectivity index (χ1) is 13.6. The molecule has 29 heavy (non-hydrogen) atoms. The van der Waals surface area contributed by atoms with Crippen molar-refractivity contribution in [2.24, 2.45) is 5.92 Å². The van der Waals surface area contributed by atoms with Gasteiger partial charge in [-0.2, -0.15) is 13.2 Å². The molecule has 0 aromatic heterocycles. The average Bonchev–Trinajstić information content (AvgIpc) is 2.64. The largest absolute Gasteiger partial charge is 0.416 e. The van der Waals surface area contributed by atoms with E-state index in [0.717, 1.165) is 21.5 Å². The molecule has 9 heteroatoms. The van der Waals surface area contributed by atoms with Crippen LogP contribution in [0.25, 0.3) is 0 Å². The van der Waals surface area contributed by atoms with Crippen LogP contribution in [0.3, 0.4) is 0 Å². The zero-order chi connectivity index (χ0) is 21.6. The molecule has 1 amide bonds. The second-order valence-electron chi connectivity index (χ2n) is 6.65. The van der Waals surface area contributed by atoms with Gasteiger partial charge < -0.3 is 10.6 Å². The van der Waals surface area contributed by atoms with Crippen LogP contribution in [0.2, 0.25) is 5.02 Å². The van der Waals surface area contributed by atoms with Gasteiger partial charge in [-0.25, -0.2) is 0 Å². The number of rotatable bonds is 8. The maximum Gasteiger partial charge on any atom is 0.416 e.